The molecule has 0 saturated carbocycles. The van der Waals surface area contributed by atoms with Gasteiger partial charge in [-0.1, -0.05) is 11.6 Å². The first-order chi connectivity index (χ1) is 9.06. The number of nitrogens with one attached hydrogen (secondary N) is 2. The molecule has 0 bridgehead atoms. The van der Waals surface area contributed by atoms with Gasteiger partial charge in [0.25, 0.3) is 0 Å². The molecule has 0 aromatic carbocycles. The Morgan fingerprint density at radius 3 is 2.63 bits per heavy atom. The summed E-state index contributed by atoms with van der Waals surface area (Å²) in [5, 5.41) is 12.0. The van der Waals surface area contributed by atoms with Crippen molar-refractivity contribution in [2.24, 2.45) is 0 Å². The molecule has 0 radical (unpaired) electrons. The Kier molecular flexibility index (Phi) is 7.12. The van der Waals surface area contributed by atoms with E-state index in [1.165, 1.54) is 0 Å². The molecule has 0 spiro atoms. The standard InChI is InChI=1S/C12H21ClN4OS/c1-9-11(13)10(2)17(16-9)7-4-5-14-12(19)15-6-8-18-3/h4-8H2,1-3H3,(H2,14,15,19). The summed E-state index contributed by atoms with van der Waals surface area (Å²) in [4.78, 5) is 0. The van der Waals surface area contributed by atoms with E-state index >= 15 is 0 Å². The Morgan fingerprint density at radius 2 is 2.05 bits per heavy atom. The summed E-state index contributed by atoms with van der Waals surface area (Å²) in [5.41, 5.74) is 1.89. The lowest BCUT2D eigenvalue weighted by Gasteiger charge is -2.10. The van der Waals surface area contributed by atoms with Crippen molar-refractivity contribution in [1.82, 2.24) is 20.4 Å². The molecule has 1 rings (SSSR count). The second-order valence-electron chi connectivity index (χ2n) is 4.24. The molecule has 2 N–H and O–H groups in total. The first-order valence-corrected chi connectivity index (χ1v) is 7.05. The van der Waals surface area contributed by atoms with Crippen LogP contribution in [0, 0.1) is 13.8 Å². The number of aromatic nitrogens is 2. The van der Waals surface area contributed by atoms with Gasteiger partial charge in [-0.3, -0.25) is 4.68 Å². The second-order valence-corrected chi connectivity index (χ2v) is 5.02. The fourth-order valence-corrected chi connectivity index (χ4v) is 1.99. The highest BCUT2D eigenvalue weighted by atomic mass is 35.5. The topological polar surface area (TPSA) is 51.1 Å². The van der Waals surface area contributed by atoms with E-state index in [2.05, 4.69) is 15.7 Å². The van der Waals surface area contributed by atoms with Crippen molar-refractivity contribution in [3.05, 3.63) is 16.4 Å². The minimum atomic E-state index is 0.645. The number of rotatable bonds is 7. The summed E-state index contributed by atoms with van der Waals surface area (Å²) in [7, 11) is 1.66. The maximum Gasteiger partial charge on any atom is 0.166 e. The van der Waals surface area contributed by atoms with Gasteiger partial charge in [0.15, 0.2) is 5.11 Å². The van der Waals surface area contributed by atoms with Gasteiger partial charge in [0, 0.05) is 26.7 Å². The molecule has 5 nitrogen and oxygen atoms in total. The Labute approximate surface area is 124 Å². The Bertz CT molecular complexity index is 422. The van der Waals surface area contributed by atoms with E-state index in [0.29, 0.717) is 11.7 Å². The molecule has 0 atom stereocenters. The summed E-state index contributed by atoms with van der Waals surface area (Å²) in [6.07, 6.45) is 0.935. The first-order valence-electron chi connectivity index (χ1n) is 6.26. The van der Waals surface area contributed by atoms with Crippen molar-refractivity contribution in [3.63, 3.8) is 0 Å². The molecule has 19 heavy (non-hydrogen) atoms. The second kappa shape index (κ2) is 8.35. The van der Waals surface area contributed by atoms with Crippen molar-refractivity contribution >= 4 is 28.9 Å². The van der Waals surface area contributed by atoms with Crippen LogP contribution in [-0.4, -0.2) is 41.7 Å². The van der Waals surface area contributed by atoms with Crippen molar-refractivity contribution in [1.29, 1.82) is 0 Å². The highest BCUT2D eigenvalue weighted by Crippen LogP contribution is 2.18. The van der Waals surface area contributed by atoms with Crippen molar-refractivity contribution < 1.29 is 4.74 Å². The number of thiocarbonyl (C=S) groups is 1. The number of hydrogen-bond donors (Lipinski definition) is 2. The predicted molar refractivity (Wildman–Crippen MR) is 81.8 cm³/mol. The molecule has 1 aromatic heterocycles. The number of halogens is 1. The molecular formula is C12H21ClN4OS. The molecule has 1 aromatic rings. The maximum absolute atomic E-state index is 6.09. The van der Waals surface area contributed by atoms with Crippen molar-refractivity contribution in [2.45, 2.75) is 26.8 Å². The number of ether oxygens (including phenoxy) is 1. The van der Waals surface area contributed by atoms with Gasteiger partial charge in [0.05, 0.1) is 23.0 Å². The smallest absolute Gasteiger partial charge is 0.166 e. The van der Waals surface area contributed by atoms with Gasteiger partial charge in [0.1, 0.15) is 0 Å². The highest BCUT2D eigenvalue weighted by Gasteiger charge is 2.08. The van der Waals surface area contributed by atoms with Crippen LogP contribution in [0.3, 0.4) is 0 Å². The lowest BCUT2D eigenvalue weighted by molar-refractivity contribution is 0.204. The van der Waals surface area contributed by atoms with E-state index in [0.717, 1.165) is 42.5 Å². The number of hydrogen-bond acceptors (Lipinski definition) is 3. The zero-order valence-electron chi connectivity index (χ0n) is 11.6. The zero-order valence-corrected chi connectivity index (χ0v) is 13.2. The minimum absolute atomic E-state index is 0.645. The van der Waals surface area contributed by atoms with Crippen LogP contribution in [0.15, 0.2) is 0 Å². The number of methoxy groups -OCH3 is 1. The maximum atomic E-state index is 6.09. The molecule has 1 heterocycles. The lowest BCUT2D eigenvalue weighted by atomic mass is 10.4. The van der Waals surface area contributed by atoms with Gasteiger partial charge in [-0.05, 0) is 32.5 Å². The van der Waals surface area contributed by atoms with Crippen LogP contribution in [0.5, 0.6) is 0 Å². The summed E-state index contributed by atoms with van der Waals surface area (Å²) >= 11 is 11.2. The number of aryl methyl sites for hydroxylation is 2. The van der Waals surface area contributed by atoms with E-state index in [1.54, 1.807) is 7.11 Å². The largest absolute Gasteiger partial charge is 0.383 e. The van der Waals surface area contributed by atoms with Crippen LogP contribution in [0.1, 0.15) is 17.8 Å². The Morgan fingerprint density at radius 1 is 1.37 bits per heavy atom. The fourth-order valence-electron chi connectivity index (χ4n) is 1.65. The van der Waals surface area contributed by atoms with Crippen LogP contribution < -0.4 is 10.6 Å². The van der Waals surface area contributed by atoms with Gasteiger partial charge >= 0.3 is 0 Å². The molecule has 0 fully saturated rings. The molecule has 108 valence electrons. The van der Waals surface area contributed by atoms with Crippen LogP contribution in [0.2, 0.25) is 5.02 Å². The SMILES string of the molecule is COCCNC(=S)NCCCn1nc(C)c(Cl)c1C. The average molecular weight is 305 g/mol. The predicted octanol–water partition coefficient (Wildman–Crippen LogP) is 1.65. The van der Waals surface area contributed by atoms with Gasteiger partial charge < -0.3 is 15.4 Å². The summed E-state index contributed by atoms with van der Waals surface area (Å²) in [6.45, 7) is 6.88. The third kappa shape index (κ3) is 5.34. The van der Waals surface area contributed by atoms with Crippen LogP contribution in [0.4, 0.5) is 0 Å². The Balaban J connectivity index is 2.20. The van der Waals surface area contributed by atoms with E-state index < -0.39 is 0 Å². The quantitative estimate of drug-likeness (QED) is 0.593. The van der Waals surface area contributed by atoms with E-state index in [1.807, 2.05) is 18.5 Å². The molecule has 0 unspecified atom stereocenters. The zero-order chi connectivity index (χ0) is 14.3. The van der Waals surface area contributed by atoms with E-state index in [9.17, 15) is 0 Å². The summed E-state index contributed by atoms with van der Waals surface area (Å²) in [6, 6.07) is 0. The van der Waals surface area contributed by atoms with Gasteiger partial charge in [-0.25, -0.2) is 0 Å². The third-order valence-electron chi connectivity index (χ3n) is 2.72. The fraction of sp³-hybridized carbons (Fsp3) is 0.667. The summed E-state index contributed by atoms with van der Waals surface area (Å²) in [5.74, 6) is 0. The van der Waals surface area contributed by atoms with Gasteiger partial charge in [-0.15, -0.1) is 0 Å². The molecular weight excluding hydrogens is 284 g/mol. The molecule has 0 saturated heterocycles. The molecule has 7 heteroatoms. The van der Waals surface area contributed by atoms with Crippen LogP contribution in [-0.2, 0) is 11.3 Å². The van der Waals surface area contributed by atoms with Gasteiger partial charge in [-0.2, -0.15) is 5.10 Å². The van der Waals surface area contributed by atoms with Gasteiger partial charge in [0.2, 0.25) is 0 Å². The van der Waals surface area contributed by atoms with Crippen molar-refractivity contribution in [2.75, 3.05) is 26.8 Å². The first kappa shape index (κ1) is 16.2. The average Bonchev–Trinajstić information content (AvgIpc) is 2.63. The molecule has 0 aliphatic rings. The monoisotopic (exact) mass is 304 g/mol. The molecule has 0 amide bonds. The van der Waals surface area contributed by atoms with Crippen LogP contribution >= 0.6 is 23.8 Å². The number of nitrogens with zero attached hydrogens (tertiary/aromatic N) is 2. The Hall–Kier alpha value is -0.850. The molecule has 0 aliphatic carbocycles. The lowest BCUT2D eigenvalue weighted by Crippen LogP contribution is -2.37. The summed E-state index contributed by atoms with van der Waals surface area (Å²) < 4.78 is 6.86. The minimum Gasteiger partial charge on any atom is -0.383 e. The van der Waals surface area contributed by atoms with Crippen LogP contribution in [0.25, 0.3) is 0 Å². The van der Waals surface area contributed by atoms with E-state index in [-0.39, 0.29) is 0 Å². The van der Waals surface area contributed by atoms with E-state index in [4.69, 9.17) is 28.6 Å². The normalized spacial score (nSPS) is 10.5. The molecule has 0 aliphatic heterocycles. The van der Waals surface area contributed by atoms with Crippen molar-refractivity contribution in [3.8, 4) is 0 Å². The third-order valence-corrected chi connectivity index (χ3v) is 3.55. The highest BCUT2D eigenvalue weighted by molar-refractivity contribution is 7.80.